The van der Waals surface area contributed by atoms with E-state index in [1.807, 2.05) is 0 Å². The van der Waals surface area contributed by atoms with Gasteiger partial charge in [-0.05, 0) is 49.7 Å². The van der Waals surface area contributed by atoms with Gasteiger partial charge in [0.05, 0.1) is 29.1 Å². The summed E-state index contributed by atoms with van der Waals surface area (Å²) in [5.41, 5.74) is 1.57. The quantitative estimate of drug-likeness (QED) is 0.710. The molecule has 0 radical (unpaired) electrons. The van der Waals surface area contributed by atoms with Gasteiger partial charge in [0.15, 0.2) is 0 Å². The Morgan fingerprint density at radius 1 is 1.15 bits per heavy atom. The first-order valence-corrected chi connectivity index (χ1v) is 10.2. The Morgan fingerprint density at radius 2 is 1.85 bits per heavy atom. The summed E-state index contributed by atoms with van der Waals surface area (Å²) in [6.07, 6.45) is 1.03. The van der Waals surface area contributed by atoms with Crippen LogP contribution in [-0.4, -0.2) is 33.2 Å². The van der Waals surface area contributed by atoms with E-state index in [9.17, 15) is 18.0 Å². The Kier molecular flexibility index (Phi) is 6.45. The van der Waals surface area contributed by atoms with E-state index in [1.165, 1.54) is 12.1 Å². The molecule has 0 bridgehead atoms. The average Bonchev–Trinajstić information content (AvgIpc) is 2.57. The Bertz CT molecular complexity index is 989. The van der Waals surface area contributed by atoms with Crippen LogP contribution in [0.15, 0.2) is 36.4 Å². The first-order chi connectivity index (χ1) is 12.6. The molecule has 0 unspecified atom stereocenters. The number of amides is 1. The van der Waals surface area contributed by atoms with Crippen LogP contribution in [0.1, 0.15) is 33.2 Å². The second-order valence-electron chi connectivity index (χ2n) is 5.72. The van der Waals surface area contributed by atoms with Crippen LogP contribution in [0.2, 0.25) is 5.02 Å². The molecule has 0 aliphatic heterocycles. The van der Waals surface area contributed by atoms with Crippen molar-refractivity contribution in [3.8, 4) is 0 Å². The number of sulfonamides is 1. The number of anilines is 2. The lowest BCUT2D eigenvalue weighted by molar-refractivity contribution is 0.0526. The van der Waals surface area contributed by atoms with E-state index in [0.717, 1.165) is 6.26 Å². The van der Waals surface area contributed by atoms with E-state index in [2.05, 4.69) is 10.0 Å². The van der Waals surface area contributed by atoms with E-state index in [1.54, 1.807) is 38.1 Å². The molecule has 0 spiro atoms. The molecular weight excluding hydrogens is 392 g/mol. The Balaban J connectivity index is 2.29. The molecule has 7 nitrogen and oxygen atoms in total. The van der Waals surface area contributed by atoms with Gasteiger partial charge in [-0.3, -0.25) is 9.52 Å². The number of halogens is 1. The predicted octanol–water partition coefficient (Wildman–Crippen LogP) is 3.45. The third kappa shape index (κ3) is 5.45. The zero-order valence-corrected chi connectivity index (χ0v) is 16.6. The van der Waals surface area contributed by atoms with Crippen molar-refractivity contribution < 1.29 is 22.7 Å². The van der Waals surface area contributed by atoms with Crippen molar-refractivity contribution in [3.63, 3.8) is 0 Å². The fraction of sp³-hybridized carbons (Fsp3) is 0.222. The van der Waals surface area contributed by atoms with Gasteiger partial charge < -0.3 is 10.1 Å². The summed E-state index contributed by atoms with van der Waals surface area (Å²) in [5, 5.41) is 2.88. The minimum atomic E-state index is -3.47. The maximum atomic E-state index is 12.6. The molecule has 2 aromatic carbocycles. The molecule has 0 aromatic heterocycles. The minimum Gasteiger partial charge on any atom is -0.462 e. The Labute approximate surface area is 162 Å². The predicted molar refractivity (Wildman–Crippen MR) is 105 cm³/mol. The number of benzene rings is 2. The lowest BCUT2D eigenvalue weighted by Gasteiger charge is -2.13. The average molecular weight is 411 g/mol. The summed E-state index contributed by atoms with van der Waals surface area (Å²) < 4.78 is 30.2. The fourth-order valence-electron chi connectivity index (χ4n) is 2.36. The molecule has 0 aliphatic rings. The first kappa shape index (κ1) is 20.7. The van der Waals surface area contributed by atoms with Crippen molar-refractivity contribution in [3.05, 3.63) is 58.1 Å². The molecule has 0 saturated carbocycles. The zero-order valence-electron chi connectivity index (χ0n) is 15.0. The van der Waals surface area contributed by atoms with Gasteiger partial charge in [0.2, 0.25) is 10.0 Å². The monoisotopic (exact) mass is 410 g/mol. The summed E-state index contributed by atoms with van der Waals surface area (Å²) in [4.78, 5) is 24.5. The van der Waals surface area contributed by atoms with Crippen molar-refractivity contribution in [2.75, 3.05) is 22.9 Å². The lowest BCUT2D eigenvalue weighted by atomic mass is 10.1. The van der Waals surface area contributed by atoms with Crippen molar-refractivity contribution in [2.24, 2.45) is 0 Å². The first-order valence-electron chi connectivity index (χ1n) is 7.97. The van der Waals surface area contributed by atoms with E-state index in [-0.39, 0.29) is 22.8 Å². The normalized spacial score (nSPS) is 11.0. The number of hydrogen-bond acceptors (Lipinski definition) is 5. The van der Waals surface area contributed by atoms with Gasteiger partial charge in [0.1, 0.15) is 0 Å². The van der Waals surface area contributed by atoms with Gasteiger partial charge >= 0.3 is 5.97 Å². The molecule has 0 fully saturated rings. The molecule has 2 N–H and O–H groups in total. The van der Waals surface area contributed by atoms with E-state index < -0.39 is 21.9 Å². The standard InChI is InChI=1S/C18H19ClN2O5S/c1-4-26-18(23)14-10-12(8-9-15(14)19)20-17(22)13-6-5-7-16(11(13)2)21-27(3,24)25/h5-10,21H,4H2,1-3H3,(H,20,22). The maximum Gasteiger partial charge on any atom is 0.339 e. The third-order valence-electron chi connectivity index (χ3n) is 3.59. The highest BCUT2D eigenvalue weighted by Gasteiger charge is 2.16. The van der Waals surface area contributed by atoms with E-state index in [4.69, 9.17) is 16.3 Å². The molecule has 1 amide bonds. The second kappa shape index (κ2) is 8.41. The van der Waals surface area contributed by atoms with Crippen LogP contribution in [0.3, 0.4) is 0 Å². The molecule has 2 rings (SSSR count). The highest BCUT2D eigenvalue weighted by atomic mass is 35.5. The molecule has 2 aromatic rings. The molecule has 27 heavy (non-hydrogen) atoms. The van der Waals surface area contributed by atoms with Crippen LogP contribution in [0.25, 0.3) is 0 Å². The van der Waals surface area contributed by atoms with Crippen molar-refractivity contribution in [1.29, 1.82) is 0 Å². The fourth-order valence-corrected chi connectivity index (χ4v) is 3.17. The SMILES string of the molecule is CCOC(=O)c1cc(NC(=O)c2cccc(NS(C)(=O)=O)c2C)ccc1Cl. The van der Waals surface area contributed by atoms with Crippen LogP contribution in [0.4, 0.5) is 11.4 Å². The molecule has 9 heteroatoms. The number of ether oxygens (including phenoxy) is 1. The van der Waals surface area contributed by atoms with Crippen molar-refractivity contribution in [1.82, 2.24) is 0 Å². The number of nitrogens with one attached hydrogen (secondary N) is 2. The summed E-state index contributed by atoms with van der Waals surface area (Å²) in [5.74, 6) is -1.05. The number of rotatable bonds is 6. The smallest absolute Gasteiger partial charge is 0.339 e. The van der Waals surface area contributed by atoms with E-state index in [0.29, 0.717) is 16.9 Å². The van der Waals surface area contributed by atoms with Gasteiger partial charge in [-0.25, -0.2) is 13.2 Å². The van der Waals surface area contributed by atoms with Crippen LogP contribution in [0, 0.1) is 6.92 Å². The summed E-state index contributed by atoms with van der Waals surface area (Å²) in [7, 11) is -3.47. The van der Waals surface area contributed by atoms with Crippen LogP contribution < -0.4 is 10.0 Å². The number of hydrogen-bond donors (Lipinski definition) is 2. The molecular formula is C18H19ClN2O5S. The van der Waals surface area contributed by atoms with E-state index >= 15 is 0 Å². The van der Waals surface area contributed by atoms with Crippen LogP contribution in [0.5, 0.6) is 0 Å². The van der Waals surface area contributed by atoms with Gasteiger partial charge in [0.25, 0.3) is 5.91 Å². The number of esters is 1. The minimum absolute atomic E-state index is 0.139. The van der Waals surface area contributed by atoms with Crippen LogP contribution in [-0.2, 0) is 14.8 Å². The topological polar surface area (TPSA) is 102 Å². The molecule has 0 heterocycles. The summed E-state index contributed by atoms with van der Waals surface area (Å²) in [6, 6.07) is 9.16. The van der Waals surface area contributed by atoms with Gasteiger partial charge in [-0.1, -0.05) is 17.7 Å². The molecule has 0 atom stereocenters. The number of carbonyl (C=O) groups is 2. The largest absolute Gasteiger partial charge is 0.462 e. The number of carbonyl (C=O) groups excluding carboxylic acids is 2. The Morgan fingerprint density at radius 3 is 2.48 bits per heavy atom. The van der Waals surface area contributed by atoms with Crippen molar-refractivity contribution >= 4 is 44.9 Å². The Hall–Kier alpha value is -2.58. The van der Waals surface area contributed by atoms with Gasteiger partial charge in [-0.2, -0.15) is 0 Å². The maximum absolute atomic E-state index is 12.6. The van der Waals surface area contributed by atoms with Crippen LogP contribution >= 0.6 is 11.6 Å². The molecule has 0 aliphatic carbocycles. The lowest BCUT2D eigenvalue weighted by Crippen LogP contribution is -2.16. The highest BCUT2D eigenvalue weighted by molar-refractivity contribution is 7.92. The highest BCUT2D eigenvalue weighted by Crippen LogP contribution is 2.24. The third-order valence-corrected chi connectivity index (χ3v) is 4.51. The molecule has 0 saturated heterocycles. The van der Waals surface area contributed by atoms with Gasteiger partial charge in [-0.15, -0.1) is 0 Å². The molecule has 144 valence electrons. The summed E-state index contributed by atoms with van der Waals surface area (Å²) in [6.45, 7) is 3.51. The van der Waals surface area contributed by atoms with Gasteiger partial charge in [0, 0.05) is 11.3 Å². The zero-order chi connectivity index (χ0) is 20.2. The summed E-state index contributed by atoms with van der Waals surface area (Å²) >= 11 is 6.01. The van der Waals surface area contributed by atoms with Crippen molar-refractivity contribution in [2.45, 2.75) is 13.8 Å². The second-order valence-corrected chi connectivity index (χ2v) is 7.88.